The lowest BCUT2D eigenvalue weighted by Gasteiger charge is -2.18. The summed E-state index contributed by atoms with van der Waals surface area (Å²) in [5, 5.41) is 21.8. The molecule has 4 aromatic rings. The van der Waals surface area contributed by atoms with Crippen LogP contribution in [0.2, 0.25) is 0 Å². The number of rotatable bonds is 6. The lowest BCUT2D eigenvalue weighted by atomic mass is 9.97. The van der Waals surface area contributed by atoms with E-state index in [1.54, 1.807) is 49.1 Å². The molecule has 30 heavy (non-hydrogen) atoms. The van der Waals surface area contributed by atoms with Crippen molar-refractivity contribution < 1.29 is 14.2 Å². The zero-order chi connectivity index (χ0) is 21.3. The summed E-state index contributed by atoms with van der Waals surface area (Å²) in [5.74, 6) is 0.845. The maximum Gasteiger partial charge on any atom is 0.170 e. The fraction of sp³-hybridized carbons (Fsp3) is 0.227. The monoisotopic (exact) mass is 407 g/mol. The third-order valence-corrected chi connectivity index (χ3v) is 4.95. The number of nitrogens with one attached hydrogen (secondary N) is 1. The molecule has 0 aliphatic heterocycles. The molecule has 3 aromatic heterocycles. The number of benzene rings is 1. The van der Waals surface area contributed by atoms with Gasteiger partial charge in [0.15, 0.2) is 5.65 Å². The highest BCUT2D eigenvalue weighted by Crippen LogP contribution is 2.29. The van der Waals surface area contributed by atoms with Gasteiger partial charge in [-0.1, -0.05) is 6.07 Å². The average Bonchev–Trinajstić information content (AvgIpc) is 3.22. The van der Waals surface area contributed by atoms with Crippen molar-refractivity contribution in [2.24, 2.45) is 0 Å². The van der Waals surface area contributed by atoms with Gasteiger partial charge in [0.1, 0.15) is 23.7 Å². The minimum atomic E-state index is -1.01. The van der Waals surface area contributed by atoms with Crippen molar-refractivity contribution in [2.45, 2.75) is 26.0 Å². The van der Waals surface area contributed by atoms with E-state index in [1.807, 2.05) is 18.2 Å². The van der Waals surface area contributed by atoms with Gasteiger partial charge in [-0.3, -0.25) is 9.38 Å². The van der Waals surface area contributed by atoms with Crippen LogP contribution in [0.3, 0.4) is 0 Å². The van der Waals surface area contributed by atoms with Gasteiger partial charge in [0.05, 0.1) is 12.7 Å². The number of nitrogens with zero attached hydrogens (tertiary/aromatic N) is 4. The fourth-order valence-corrected chi connectivity index (χ4v) is 3.28. The van der Waals surface area contributed by atoms with Gasteiger partial charge in [0.25, 0.3) is 0 Å². The second kappa shape index (κ2) is 7.72. The summed E-state index contributed by atoms with van der Waals surface area (Å²) in [6.45, 7) is 3.66. The molecule has 154 valence electrons. The zero-order valence-electron chi connectivity index (χ0n) is 16.9. The summed E-state index contributed by atoms with van der Waals surface area (Å²) < 4.78 is 21.3. The van der Waals surface area contributed by atoms with E-state index in [1.165, 1.54) is 13.2 Å². The highest BCUT2D eigenvalue weighted by atomic mass is 19.1. The van der Waals surface area contributed by atoms with Gasteiger partial charge >= 0.3 is 0 Å². The molecule has 0 atom stereocenters. The molecule has 0 amide bonds. The van der Waals surface area contributed by atoms with Gasteiger partial charge in [-0.15, -0.1) is 10.2 Å². The molecule has 0 spiro atoms. The van der Waals surface area contributed by atoms with Crippen LogP contribution in [0.1, 0.15) is 25.0 Å². The molecule has 2 N–H and O–H groups in total. The number of aromatic nitrogens is 4. The molecule has 0 radical (unpaired) electrons. The highest BCUT2D eigenvalue weighted by molar-refractivity contribution is 5.79. The predicted molar refractivity (Wildman–Crippen MR) is 112 cm³/mol. The Morgan fingerprint density at radius 3 is 2.80 bits per heavy atom. The summed E-state index contributed by atoms with van der Waals surface area (Å²) in [6.07, 6.45) is 4.95. The fourth-order valence-electron chi connectivity index (χ4n) is 3.28. The molecular weight excluding hydrogens is 385 g/mol. The number of pyridine rings is 2. The van der Waals surface area contributed by atoms with Crippen LogP contribution in [0.25, 0.3) is 16.8 Å². The van der Waals surface area contributed by atoms with E-state index < -0.39 is 5.60 Å². The van der Waals surface area contributed by atoms with Crippen molar-refractivity contribution in [3.63, 3.8) is 0 Å². The summed E-state index contributed by atoms with van der Waals surface area (Å²) in [7, 11) is 1.51. The van der Waals surface area contributed by atoms with E-state index in [9.17, 15) is 9.50 Å². The molecule has 0 saturated heterocycles. The Balaban J connectivity index is 1.69. The van der Waals surface area contributed by atoms with Crippen LogP contribution in [-0.4, -0.2) is 31.8 Å². The minimum Gasteiger partial charge on any atom is -0.496 e. The number of hydrogen-bond acceptors (Lipinski definition) is 6. The van der Waals surface area contributed by atoms with Crippen LogP contribution < -0.4 is 10.1 Å². The van der Waals surface area contributed by atoms with Crippen LogP contribution in [0.15, 0.2) is 55.1 Å². The molecule has 0 bridgehead atoms. The first kappa shape index (κ1) is 19.8. The van der Waals surface area contributed by atoms with Gasteiger partial charge in [-0.05, 0) is 44.2 Å². The predicted octanol–water partition coefficient (Wildman–Crippen LogP) is 3.78. The zero-order valence-corrected chi connectivity index (χ0v) is 16.9. The van der Waals surface area contributed by atoms with Gasteiger partial charge in [-0.2, -0.15) is 0 Å². The third-order valence-electron chi connectivity index (χ3n) is 4.95. The van der Waals surface area contributed by atoms with Crippen molar-refractivity contribution in [1.29, 1.82) is 0 Å². The van der Waals surface area contributed by atoms with Crippen molar-refractivity contribution in [2.75, 3.05) is 12.4 Å². The van der Waals surface area contributed by atoms with Crippen LogP contribution in [0.5, 0.6) is 5.75 Å². The summed E-state index contributed by atoms with van der Waals surface area (Å²) in [4.78, 5) is 4.26. The largest absolute Gasteiger partial charge is 0.496 e. The number of methoxy groups -OCH3 is 1. The molecule has 0 unspecified atom stereocenters. The molecule has 4 rings (SSSR count). The Morgan fingerprint density at radius 1 is 1.20 bits per heavy atom. The van der Waals surface area contributed by atoms with Gasteiger partial charge in [0, 0.05) is 41.2 Å². The maximum absolute atomic E-state index is 14.2. The first-order valence-corrected chi connectivity index (χ1v) is 9.45. The normalized spacial score (nSPS) is 11.6. The molecule has 7 nitrogen and oxygen atoms in total. The van der Waals surface area contributed by atoms with Crippen molar-refractivity contribution >= 4 is 11.5 Å². The first-order valence-electron chi connectivity index (χ1n) is 9.45. The van der Waals surface area contributed by atoms with Crippen LogP contribution in [0.4, 0.5) is 10.2 Å². The molecule has 0 saturated carbocycles. The lowest BCUT2D eigenvalue weighted by molar-refractivity contribution is 0.0783. The Kier molecular flexibility index (Phi) is 5.09. The minimum absolute atomic E-state index is 0.234. The van der Waals surface area contributed by atoms with Crippen molar-refractivity contribution in [3.8, 4) is 16.9 Å². The lowest BCUT2D eigenvalue weighted by Crippen LogP contribution is -2.15. The van der Waals surface area contributed by atoms with E-state index in [0.29, 0.717) is 28.3 Å². The van der Waals surface area contributed by atoms with Crippen molar-refractivity contribution in [3.05, 3.63) is 72.1 Å². The summed E-state index contributed by atoms with van der Waals surface area (Å²) in [6, 6.07) is 10.4. The van der Waals surface area contributed by atoms with Crippen LogP contribution in [0, 0.1) is 5.82 Å². The standard InChI is InChI=1S/C22H22FN5O2/c1-22(2,29)15-9-14(10-24-11-15)16-7-8-20(28-13-26-27-21(16)28)25-12-17-18(23)5-4-6-19(17)30-3/h4-11,13,25,29H,12H2,1-3H3. The Hall–Kier alpha value is -3.52. The number of hydrogen-bond donors (Lipinski definition) is 2. The molecule has 0 aliphatic rings. The number of halogens is 1. The quantitative estimate of drug-likeness (QED) is 0.506. The third kappa shape index (κ3) is 3.69. The Labute approximate surface area is 173 Å². The van der Waals surface area contributed by atoms with Gasteiger partial charge in [0.2, 0.25) is 0 Å². The van der Waals surface area contributed by atoms with Crippen LogP contribution >= 0.6 is 0 Å². The Bertz CT molecular complexity index is 1200. The number of aliphatic hydroxyl groups is 1. The summed E-state index contributed by atoms with van der Waals surface area (Å²) in [5.41, 5.74) is 2.39. The maximum atomic E-state index is 14.2. The van der Waals surface area contributed by atoms with E-state index in [-0.39, 0.29) is 12.4 Å². The molecule has 0 aliphatic carbocycles. The Morgan fingerprint density at radius 2 is 2.03 bits per heavy atom. The SMILES string of the molecule is COc1cccc(F)c1CNc1ccc(-c2cncc(C(C)(C)O)c2)c2nncn12. The first-order chi connectivity index (χ1) is 14.4. The second-order valence-electron chi connectivity index (χ2n) is 7.45. The molecule has 3 heterocycles. The van der Waals surface area contributed by atoms with Crippen molar-refractivity contribution in [1.82, 2.24) is 19.6 Å². The molecule has 1 aromatic carbocycles. The molecular formula is C22H22FN5O2. The highest BCUT2D eigenvalue weighted by Gasteiger charge is 2.18. The summed E-state index contributed by atoms with van der Waals surface area (Å²) >= 11 is 0. The van der Waals surface area contributed by atoms with Gasteiger partial charge in [-0.25, -0.2) is 4.39 Å². The second-order valence-corrected chi connectivity index (χ2v) is 7.45. The van der Waals surface area contributed by atoms with E-state index >= 15 is 0 Å². The smallest absolute Gasteiger partial charge is 0.170 e. The van der Waals surface area contributed by atoms with E-state index in [4.69, 9.17) is 4.74 Å². The number of anilines is 1. The van der Waals surface area contributed by atoms with E-state index in [0.717, 1.165) is 11.1 Å². The van der Waals surface area contributed by atoms with Crippen LogP contribution in [-0.2, 0) is 12.1 Å². The molecule has 0 fully saturated rings. The topological polar surface area (TPSA) is 84.6 Å². The van der Waals surface area contributed by atoms with Gasteiger partial charge < -0.3 is 15.2 Å². The number of ether oxygens (including phenoxy) is 1. The molecule has 8 heteroatoms. The van der Waals surface area contributed by atoms with E-state index in [2.05, 4.69) is 20.5 Å². The average molecular weight is 407 g/mol. The number of fused-ring (bicyclic) bond motifs is 1.